The molecule has 4 nitrogen and oxygen atoms in total. The van der Waals surface area contributed by atoms with E-state index in [1.54, 1.807) is 0 Å². The summed E-state index contributed by atoms with van der Waals surface area (Å²) in [6, 6.07) is 46.6. The molecule has 0 aliphatic heterocycles. The lowest BCUT2D eigenvalue weighted by molar-refractivity contribution is 1.12. The summed E-state index contributed by atoms with van der Waals surface area (Å²) < 4.78 is 4.61. The fraction of sp³-hybridized carbons (Fsp3) is 0.0500. The van der Waals surface area contributed by atoms with E-state index in [4.69, 9.17) is 0 Å². The molecule has 6 aromatic carbocycles. The molecule has 0 spiro atoms. The second-order valence-corrected chi connectivity index (χ2v) is 11.2. The number of rotatable bonds is 3. The smallest absolute Gasteiger partial charge is 0.0995 e. The maximum Gasteiger partial charge on any atom is 0.0995 e. The lowest BCUT2D eigenvalue weighted by Gasteiger charge is -2.22. The van der Waals surface area contributed by atoms with Gasteiger partial charge in [0.15, 0.2) is 0 Å². The average molecular weight is 563 g/mol. The van der Waals surface area contributed by atoms with Gasteiger partial charge in [0.25, 0.3) is 0 Å². The Kier molecular flexibility index (Phi) is 5.66. The molecule has 0 saturated heterocycles. The van der Waals surface area contributed by atoms with Crippen molar-refractivity contribution in [1.82, 2.24) is 9.13 Å². The summed E-state index contributed by atoms with van der Waals surface area (Å²) >= 11 is 0. The second kappa shape index (κ2) is 9.73. The highest BCUT2D eigenvalue weighted by Crippen LogP contribution is 2.43. The van der Waals surface area contributed by atoms with Crippen molar-refractivity contribution in [3.05, 3.63) is 144 Å². The number of para-hydroxylation sites is 4. The van der Waals surface area contributed by atoms with E-state index in [0.29, 0.717) is 11.1 Å². The van der Waals surface area contributed by atoms with Gasteiger partial charge in [0, 0.05) is 32.7 Å². The molecule has 0 bridgehead atoms. The number of fused-ring (bicyclic) bond motifs is 6. The van der Waals surface area contributed by atoms with E-state index < -0.39 is 0 Å². The average Bonchev–Trinajstić information content (AvgIpc) is 3.57. The quantitative estimate of drug-likeness (QED) is 0.215. The molecule has 0 aliphatic carbocycles. The highest BCUT2D eigenvalue weighted by molar-refractivity contribution is 6.11. The van der Waals surface area contributed by atoms with Crippen LogP contribution in [0.1, 0.15) is 22.3 Å². The lowest BCUT2D eigenvalue weighted by atomic mass is 9.92. The Labute approximate surface area is 254 Å². The molecule has 206 valence electrons. The van der Waals surface area contributed by atoms with E-state index >= 15 is 0 Å². The van der Waals surface area contributed by atoms with Crippen LogP contribution in [0, 0.1) is 36.5 Å². The van der Waals surface area contributed by atoms with Crippen LogP contribution in [-0.2, 0) is 0 Å². The number of hydrogen-bond acceptors (Lipinski definition) is 2. The lowest BCUT2D eigenvalue weighted by Crippen LogP contribution is -2.06. The molecular formula is C40H26N4. The molecule has 0 fully saturated rings. The molecule has 4 heteroatoms. The Morgan fingerprint density at radius 3 is 1.00 bits per heavy atom. The normalized spacial score (nSPS) is 11.4. The van der Waals surface area contributed by atoms with Crippen molar-refractivity contribution in [2.45, 2.75) is 13.8 Å². The fourth-order valence-electron chi connectivity index (χ4n) is 6.98. The number of nitriles is 2. The molecule has 0 radical (unpaired) electrons. The summed E-state index contributed by atoms with van der Waals surface area (Å²) in [5.74, 6) is 0. The monoisotopic (exact) mass is 562 g/mol. The van der Waals surface area contributed by atoms with Gasteiger partial charge in [0.2, 0.25) is 0 Å². The topological polar surface area (TPSA) is 57.4 Å². The van der Waals surface area contributed by atoms with E-state index in [2.05, 4.69) is 130 Å². The van der Waals surface area contributed by atoms with E-state index in [-0.39, 0.29) is 0 Å². The number of aromatic nitrogens is 2. The molecule has 2 aromatic heterocycles. The van der Waals surface area contributed by atoms with Crippen molar-refractivity contribution >= 4 is 43.6 Å². The van der Waals surface area contributed by atoms with E-state index in [0.717, 1.165) is 77.2 Å². The third kappa shape index (κ3) is 3.49. The van der Waals surface area contributed by atoms with Crippen molar-refractivity contribution in [2.24, 2.45) is 0 Å². The fourth-order valence-corrected chi connectivity index (χ4v) is 6.98. The van der Waals surface area contributed by atoms with E-state index in [1.807, 2.05) is 26.0 Å². The minimum Gasteiger partial charge on any atom is -0.308 e. The molecule has 0 N–H and O–H groups in total. The van der Waals surface area contributed by atoms with Gasteiger partial charge < -0.3 is 9.13 Å². The van der Waals surface area contributed by atoms with Crippen molar-refractivity contribution in [2.75, 3.05) is 0 Å². The SMILES string of the molecule is Cc1c(C#N)ccc(-c2ccc(C#N)c(C)c2-n2c3ccccc3c3ccccc32)c1-n1c2ccccc2c2ccccc21. The maximum absolute atomic E-state index is 10.2. The molecule has 44 heavy (non-hydrogen) atoms. The molecule has 0 atom stereocenters. The number of nitrogens with zero attached hydrogens (tertiary/aromatic N) is 4. The van der Waals surface area contributed by atoms with Crippen LogP contribution in [0.4, 0.5) is 0 Å². The first-order valence-electron chi connectivity index (χ1n) is 14.7. The van der Waals surface area contributed by atoms with Crippen LogP contribution < -0.4 is 0 Å². The van der Waals surface area contributed by atoms with Gasteiger partial charge in [-0.05, 0) is 61.4 Å². The van der Waals surface area contributed by atoms with Gasteiger partial charge in [-0.2, -0.15) is 10.5 Å². The molecule has 8 aromatic rings. The molecule has 0 amide bonds. The van der Waals surface area contributed by atoms with Crippen LogP contribution in [-0.4, -0.2) is 9.13 Å². The molecule has 2 heterocycles. The predicted octanol–water partition coefficient (Wildman–Crippen LogP) is 9.91. The van der Waals surface area contributed by atoms with Crippen molar-refractivity contribution in [3.8, 4) is 34.6 Å². The molecule has 0 unspecified atom stereocenters. The molecular weight excluding hydrogens is 536 g/mol. The van der Waals surface area contributed by atoms with Crippen LogP contribution in [0.3, 0.4) is 0 Å². The summed E-state index contributed by atoms with van der Waals surface area (Å²) in [6.45, 7) is 4.08. The highest BCUT2D eigenvalue weighted by atomic mass is 15.0. The van der Waals surface area contributed by atoms with Gasteiger partial charge in [0.1, 0.15) is 0 Å². The molecule has 0 aliphatic rings. The van der Waals surface area contributed by atoms with Crippen LogP contribution in [0.2, 0.25) is 0 Å². The Bertz CT molecular complexity index is 2260. The Morgan fingerprint density at radius 2 is 0.705 bits per heavy atom. The summed E-state index contributed by atoms with van der Waals surface area (Å²) in [7, 11) is 0. The highest BCUT2D eigenvalue weighted by Gasteiger charge is 2.24. The summed E-state index contributed by atoms with van der Waals surface area (Å²) in [5.41, 5.74) is 11.3. The van der Waals surface area contributed by atoms with Crippen molar-refractivity contribution in [1.29, 1.82) is 10.5 Å². The third-order valence-corrected chi connectivity index (χ3v) is 9.00. The first kappa shape index (κ1) is 25.6. The first-order chi connectivity index (χ1) is 21.6. The third-order valence-electron chi connectivity index (χ3n) is 9.00. The Hall–Kier alpha value is -6.10. The van der Waals surface area contributed by atoms with Crippen molar-refractivity contribution in [3.63, 3.8) is 0 Å². The van der Waals surface area contributed by atoms with E-state index in [1.165, 1.54) is 0 Å². The zero-order valence-corrected chi connectivity index (χ0v) is 24.3. The zero-order valence-electron chi connectivity index (χ0n) is 24.3. The predicted molar refractivity (Wildman–Crippen MR) is 179 cm³/mol. The second-order valence-electron chi connectivity index (χ2n) is 11.2. The number of benzene rings is 6. The number of hydrogen-bond donors (Lipinski definition) is 0. The van der Waals surface area contributed by atoms with Gasteiger partial charge in [-0.15, -0.1) is 0 Å². The van der Waals surface area contributed by atoms with Gasteiger partial charge in [-0.25, -0.2) is 0 Å². The standard InChI is InChI=1S/C40H26N4/c1-25-27(23-41)19-21-33(39(25)43-35-15-7-3-11-29(35)30-12-4-8-16-36(30)43)34-22-20-28(24-42)26(2)40(34)44-37-17-9-5-13-31(37)32-14-6-10-18-38(32)44/h3-22H,1-2H3. The Balaban J connectivity index is 1.57. The summed E-state index contributed by atoms with van der Waals surface area (Å²) in [5, 5.41) is 25.0. The minimum atomic E-state index is 0.634. The van der Waals surface area contributed by atoms with Crippen LogP contribution >= 0.6 is 0 Å². The van der Waals surface area contributed by atoms with Gasteiger partial charge in [-0.3, -0.25) is 0 Å². The van der Waals surface area contributed by atoms with Crippen molar-refractivity contribution < 1.29 is 0 Å². The van der Waals surface area contributed by atoms with E-state index in [9.17, 15) is 10.5 Å². The first-order valence-corrected chi connectivity index (χ1v) is 14.7. The minimum absolute atomic E-state index is 0.634. The molecule has 8 rings (SSSR count). The van der Waals surface area contributed by atoms with Gasteiger partial charge in [-0.1, -0.05) is 84.9 Å². The maximum atomic E-state index is 10.2. The van der Waals surface area contributed by atoms with Crippen LogP contribution in [0.25, 0.3) is 66.1 Å². The van der Waals surface area contributed by atoms with Gasteiger partial charge >= 0.3 is 0 Å². The summed E-state index contributed by atoms with van der Waals surface area (Å²) in [6.07, 6.45) is 0. The molecule has 0 saturated carbocycles. The van der Waals surface area contributed by atoms with Gasteiger partial charge in [0.05, 0.1) is 56.7 Å². The van der Waals surface area contributed by atoms with Crippen LogP contribution in [0.15, 0.2) is 121 Å². The summed E-state index contributed by atoms with van der Waals surface area (Å²) in [4.78, 5) is 0. The van der Waals surface area contributed by atoms with Crippen LogP contribution in [0.5, 0.6) is 0 Å². The largest absolute Gasteiger partial charge is 0.308 e. The zero-order chi connectivity index (χ0) is 29.9. The Morgan fingerprint density at radius 1 is 0.409 bits per heavy atom.